The third kappa shape index (κ3) is 13.6. The van der Waals surface area contributed by atoms with Crippen LogP contribution in [0.1, 0.15) is 25.8 Å². The van der Waals surface area contributed by atoms with Gasteiger partial charge in [-0.25, -0.2) is 0 Å². The molecule has 0 radical (unpaired) electrons. The molecule has 3 aromatic rings. The third-order valence-electron chi connectivity index (χ3n) is 3.90. The van der Waals surface area contributed by atoms with E-state index in [0.717, 1.165) is 13.5 Å². The van der Waals surface area contributed by atoms with Crippen LogP contribution in [0, 0.1) is 18.2 Å². The summed E-state index contributed by atoms with van der Waals surface area (Å²) < 4.78 is 0. The maximum absolute atomic E-state index is 7.00. The Kier molecular flexibility index (Phi) is 24.3. The minimum Gasteiger partial charge on any atom is -1.00 e. The van der Waals surface area contributed by atoms with E-state index < -0.39 is 0 Å². The van der Waals surface area contributed by atoms with Gasteiger partial charge in [0.25, 0.3) is 0 Å². The molecule has 1 aliphatic rings. The Hall–Kier alpha value is -1.61. The summed E-state index contributed by atoms with van der Waals surface area (Å²) in [6.45, 7) is 4.36. The van der Waals surface area contributed by atoms with Gasteiger partial charge in [-0.1, -0.05) is 17.2 Å². The molecule has 0 fully saturated rings. The molecule has 4 rings (SSSR count). The van der Waals surface area contributed by atoms with Crippen molar-refractivity contribution < 1.29 is 51.6 Å². The topological polar surface area (TPSA) is 20.2 Å². The maximum Gasteiger partial charge on any atom is 2.00 e. The zero-order valence-corrected chi connectivity index (χ0v) is 20.6. The van der Waals surface area contributed by atoms with E-state index in [1.807, 2.05) is 72.8 Å². The van der Waals surface area contributed by atoms with Crippen molar-refractivity contribution in [2.45, 2.75) is 20.3 Å². The second-order valence-corrected chi connectivity index (χ2v) is 5.63. The third-order valence-corrected chi connectivity index (χ3v) is 3.90. The van der Waals surface area contributed by atoms with Gasteiger partial charge in [-0.15, -0.1) is 41.5 Å². The number of hydrogen-bond acceptors (Lipinski definition) is 1. The molecule has 0 aliphatic heterocycles. The summed E-state index contributed by atoms with van der Waals surface area (Å²) >= 11 is 0. The van der Waals surface area contributed by atoms with E-state index in [2.05, 4.69) is 50.3 Å². The summed E-state index contributed by atoms with van der Waals surface area (Å²) in [6, 6.07) is 36.5. The molecule has 4 heteroatoms. The van der Waals surface area contributed by atoms with E-state index in [4.69, 9.17) is 5.11 Å². The smallest absolute Gasteiger partial charge is 1.00 e. The summed E-state index contributed by atoms with van der Waals surface area (Å²) in [7, 11) is 1.00. The Labute approximate surface area is 209 Å². The minimum atomic E-state index is 0. The van der Waals surface area contributed by atoms with Crippen LogP contribution in [0.25, 0.3) is 5.57 Å². The van der Waals surface area contributed by atoms with E-state index in [-0.39, 0.29) is 46.5 Å². The normalized spacial score (nSPS) is 10.5. The molecular formula is C26H27Cl2OTi-3. The molecule has 0 unspecified atom stereocenters. The van der Waals surface area contributed by atoms with Gasteiger partial charge in [0.05, 0.1) is 0 Å². The first kappa shape index (κ1) is 33.0. The van der Waals surface area contributed by atoms with Gasteiger partial charge >= 0.3 is 21.7 Å². The van der Waals surface area contributed by atoms with E-state index >= 15 is 0 Å². The summed E-state index contributed by atoms with van der Waals surface area (Å²) in [5, 5.41) is 7.00. The van der Waals surface area contributed by atoms with Gasteiger partial charge in [-0.2, -0.15) is 72.8 Å². The molecule has 0 amide bonds. The van der Waals surface area contributed by atoms with Crippen molar-refractivity contribution in [3.8, 4) is 0 Å². The van der Waals surface area contributed by atoms with Gasteiger partial charge in [-0.3, -0.25) is 0 Å². The predicted molar refractivity (Wildman–Crippen MR) is 115 cm³/mol. The molecule has 0 heterocycles. The SMILES string of the molecule is CC1=CCC(c2[c-]cccc2)=C1C.CO.[Cl-].[Cl-].[Ti+2].[c-]1ccccc1.[c-]1ccccc1. The fourth-order valence-corrected chi connectivity index (χ4v) is 2.38. The Morgan fingerprint density at radius 3 is 1.43 bits per heavy atom. The number of halogens is 2. The average molecular weight is 474 g/mol. The molecule has 0 bridgehead atoms. The van der Waals surface area contributed by atoms with Gasteiger partial charge in [-0.05, 0) is 20.3 Å². The Bertz CT molecular complexity index is 704. The van der Waals surface area contributed by atoms with Crippen molar-refractivity contribution >= 4 is 5.57 Å². The number of aliphatic hydroxyl groups is 1. The molecule has 3 aromatic carbocycles. The largest absolute Gasteiger partial charge is 2.00 e. The van der Waals surface area contributed by atoms with Gasteiger partial charge in [0, 0.05) is 7.11 Å². The van der Waals surface area contributed by atoms with Crippen LogP contribution in [0.4, 0.5) is 0 Å². The van der Waals surface area contributed by atoms with E-state index in [9.17, 15) is 0 Å². The van der Waals surface area contributed by atoms with Crippen LogP contribution in [0.15, 0.2) is 102 Å². The minimum absolute atomic E-state index is 0. The van der Waals surface area contributed by atoms with Crippen molar-refractivity contribution in [2.75, 3.05) is 7.11 Å². The van der Waals surface area contributed by atoms with Crippen LogP contribution >= 0.6 is 0 Å². The molecule has 158 valence electrons. The van der Waals surface area contributed by atoms with Crippen molar-refractivity contribution in [1.29, 1.82) is 0 Å². The first-order chi connectivity index (χ1) is 13.3. The summed E-state index contributed by atoms with van der Waals surface area (Å²) in [5.41, 5.74) is 5.50. The van der Waals surface area contributed by atoms with Crippen LogP contribution in [0.2, 0.25) is 0 Å². The molecule has 1 N–H and O–H groups in total. The number of aliphatic hydroxyl groups excluding tert-OH is 1. The summed E-state index contributed by atoms with van der Waals surface area (Å²) in [4.78, 5) is 0. The van der Waals surface area contributed by atoms with Crippen molar-refractivity contribution in [3.05, 3.63) is 126 Å². The molecule has 0 aromatic heterocycles. The van der Waals surface area contributed by atoms with Gasteiger partial charge < -0.3 is 29.9 Å². The zero-order valence-electron chi connectivity index (χ0n) is 17.6. The van der Waals surface area contributed by atoms with Crippen molar-refractivity contribution in [1.82, 2.24) is 0 Å². The molecule has 0 saturated heterocycles. The molecule has 30 heavy (non-hydrogen) atoms. The first-order valence-electron chi connectivity index (χ1n) is 8.90. The monoisotopic (exact) mass is 473 g/mol. The summed E-state index contributed by atoms with van der Waals surface area (Å²) in [5.74, 6) is 0. The Balaban J connectivity index is -0.000000367. The molecule has 0 spiro atoms. The number of hydrogen-bond donors (Lipinski definition) is 1. The fourth-order valence-electron chi connectivity index (χ4n) is 2.38. The van der Waals surface area contributed by atoms with Crippen LogP contribution < -0.4 is 24.8 Å². The van der Waals surface area contributed by atoms with Gasteiger partial charge in [0.1, 0.15) is 0 Å². The molecule has 1 nitrogen and oxygen atoms in total. The van der Waals surface area contributed by atoms with E-state index in [1.54, 1.807) is 0 Å². The molecule has 1 aliphatic carbocycles. The van der Waals surface area contributed by atoms with Crippen LogP contribution in [0.3, 0.4) is 0 Å². The number of benzene rings is 3. The average Bonchev–Trinajstić information content (AvgIpc) is 3.12. The quantitative estimate of drug-likeness (QED) is 0.395. The van der Waals surface area contributed by atoms with Crippen LogP contribution in [-0.2, 0) is 21.7 Å². The second-order valence-electron chi connectivity index (χ2n) is 5.63. The van der Waals surface area contributed by atoms with Gasteiger partial charge in [0.2, 0.25) is 0 Å². The number of rotatable bonds is 1. The summed E-state index contributed by atoms with van der Waals surface area (Å²) in [6.07, 6.45) is 3.35. The standard InChI is InChI=1S/C13H13.2C6H5.CH4O.2ClH.Ti/c1-10-8-9-13(11(10)2)12-6-4-3-5-7-12;2*1-2-4-6-5-3-1;1-2;;;/h3-6,8H,9H2,1-2H3;2*1-5H;2H,1H3;2*1H;/q3*-1;;;;+2/p-2. The van der Waals surface area contributed by atoms with E-state index in [0.29, 0.717) is 0 Å². The molecule has 0 saturated carbocycles. The molecule has 0 atom stereocenters. The Morgan fingerprint density at radius 2 is 1.17 bits per heavy atom. The van der Waals surface area contributed by atoms with Crippen LogP contribution in [-0.4, -0.2) is 12.2 Å². The Morgan fingerprint density at radius 1 is 0.700 bits per heavy atom. The first-order valence-corrected chi connectivity index (χ1v) is 8.90. The zero-order chi connectivity index (χ0) is 19.7. The second kappa shape index (κ2) is 22.1. The van der Waals surface area contributed by atoms with Crippen LogP contribution in [0.5, 0.6) is 0 Å². The van der Waals surface area contributed by atoms with E-state index in [1.165, 1.54) is 22.3 Å². The fraction of sp³-hybridized carbons (Fsp3) is 0.154. The van der Waals surface area contributed by atoms with Gasteiger partial charge in [0.15, 0.2) is 0 Å². The predicted octanol–water partition coefficient (Wildman–Crippen LogP) is 0.198. The van der Waals surface area contributed by atoms with Crippen molar-refractivity contribution in [2.24, 2.45) is 0 Å². The van der Waals surface area contributed by atoms with Crippen molar-refractivity contribution in [3.63, 3.8) is 0 Å². The number of allylic oxidation sites excluding steroid dienone is 4. The molecular weight excluding hydrogens is 447 g/mol. The maximum atomic E-state index is 7.00.